The SMILES string of the molecule is CN(CCN1CCCCC1)C(=O)c1cccc(NC(=O)CCN2CCCC2)c1. The van der Waals surface area contributed by atoms with E-state index in [2.05, 4.69) is 15.1 Å². The number of piperidine rings is 1. The summed E-state index contributed by atoms with van der Waals surface area (Å²) in [6, 6.07) is 7.28. The number of amides is 2. The number of hydrogen-bond donors (Lipinski definition) is 1. The van der Waals surface area contributed by atoms with Crippen molar-refractivity contribution in [3.63, 3.8) is 0 Å². The molecule has 6 heteroatoms. The minimum absolute atomic E-state index is 0.00479. The fraction of sp³-hybridized carbons (Fsp3) is 0.636. The first kappa shape index (κ1) is 20.8. The van der Waals surface area contributed by atoms with Gasteiger partial charge in [-0.3, -0.25) is 9.59 Å². The summed E-state index contributed by atoms with van der Waals surface area (Å²) in [5.41, 5.74) is 1.32. The Hall–Kier alpha value is -1.92. The van der Waals surface area contributed by atoms with E-state index in [-0.39, 0.29) is 11.8 Å². The smallest absolute Gasteiger partial charge is 0.253 e. The Balaban J connectivity index is 1.46. The molecule has 0 aliphatic carbocycles. The van der Waals surface area contributed by atoms with Gasteiger partial charge < -0.3 is 20.0 Å². The summed E-state index contributed by atoms with van der Waals surface area (Å²) < 4.78 is 0. The summed E-state index contributed by atoms with van der Waals surface area (Å²) in [7, 11) is 1.85. The molecule has 2 heterocycles. The second kappa shape index (κ2) is 10.6. The predicted molar refractivity (Wildman–Crippen MR) is 113 cm³/mol. The second-order valence-electron chi connectivity index (χ2n) is 8.06. The van der Waals surface area contributed by atoms with Crippen LogP contribution < -0.4 is 5.32 Å². The molecule has 0 aromatic heterocycles. The van der Waals surface area contributed by atoms with E-state index in [1.807, 2.05) is 25.2 Å². The molecule has 2 amide bonds. The van der Waals surface area contributed by atoms with Crippen molar-refractivity contribution in [2.24, 2.45) is 0 Å². The van der Waals surface area contributed by atoms with Gasteiger partial charge in [-0.1, -0.05) is 12.5 Å². The highest BCUT2D eigenvalue weighted by Crippen LogP contribution is 2.14. The average Bonchev–Trinajstić information content (AvgIpc) is 3.24. The molecule has 0 unspecified atom stereocenters. The number of nitrogens with zero attached hydrogens (tertiary/aromatic N) is 3. The van der Waals surface area contributed by atoms with Crippen molar-refractivity contribution in [2.45, 2.75) is 38.5 Å². The maximum atomic E-state index is 12.7. The highest BCUT2D eigenvalue weighted by Gasteiger charge is 2.16. The van der Waals surface area contributed by atoms with Crippen molar-refractivity contribution in [3.8, 4) is 0 Å². The minimum atomic E-state index is 0.00479. The van der Waals surface area contributed by atoms with Gasteiger partial charge in [0.2, 0.25) is 5.91 Å². The van der Waals surface area contributed by atoms with E-state index < -0.39 is 0 Å². The Morgan fingerprint density at radius 3 is 2.32 bits per heavy atom. The molecule has 1 aromatic carbocycles. The normalized spacial score (nSPS) is 18.2. The minimum Gasteiger partial charge on any atom is -0.340 e. The van der Waals surface area contributed by atoms with Crippen LogP contribution >= 0.6 is 0 Å². The van der Waals surface area contributed by atoms with E-state index in [4.69, 9.17) is 0 Å². The molecule has 6 nitrogen and oxygen atoms in total. The van der Waals surface area contributed by atoms with Crippen LogP contribution in [0.15, 0.2) is 24.3 Å². The maximum Gasteiger partial charge on any atom is 0.253 e. The topological polar surface area (TPSA) is 55.9 Å². The molecule has 2 aliphatic rings. The molecule has 2 saturated heterocycles. The van der Waals surface area contributed by atoms with Crippen molar-refractivity contribution in [1.82, 2.24) is 14.7 Å². The zero-order chi connectivity index (χ0) is 19.8. The Morgan fingerprint density at radius 2 is 1.61 bits per heavy atom. The predicted octanol–water partition coefficient (Wildman–Crippen LogP) is 2.67. The summed E-state index contributed by atoms with van der Waals surface area (Å²) >= 11 is 0. The van der Waals surface area contributed by atoms with Crippen LogP contribution in [0.25, 0.3) is 0 Å². The number of likely N-dealkylation sites (N-methyl/N-ethyl adjacent to an activating group) is 1. The number of rotatable bonds is 8. The summed E-state index contributed by atoms with van der Waals surface area (Å²) in [5, 5.41) is 2.94. The van der Waals surface area contributed by atoms with Gasteiger partial charge >= 0.3 is 0 Å². The van der Waals surface area contributed by atoms with E-state index in [1.165, 1.54) is 32.1 Å². The molecular formula is C22H34N4O2. The zero-order valence-corrected chi connectivity index (χ0v) is 17.2. The van der Waals surface area contributed by atoms with Crippen LogP contribution in [0, 0.1) is 0 Å². The third kappa shape index (κ3) is 6.31. The lowest BCUT2D eigenvalue weighted by Gasteiger charge is -2.28. The first-order valence-corrected chi connectivity index (χ1v) is 10.7. The van der Waals surface area contributed by atoms with E-state index in [1.54, 1.807) is 11.0 Å². The molecular weight excluding hydrogens is 352 g/mol. The molecule has 1 N–H and O–H groups in total. The maximum absolute atomic E-state index is 12.7. The Morgan fingerprint density at radius 1 is 0.964 bits per heavy atom. The number of nitrogens with one attached hydrogen (secondary N) is 1. The first-order chi connectivity index (χ1) is 13.6. The third-order valence-electron chi connectivity index (χ3n) is 5.79. The molecule has 0 saturated carbocycles. The number of carbonyl (C=O) groups excluding carboxylic acids is 2. The lowest BCUT2D eigenvalue weighted by atomic mass is 10.1. The van der Waals surface area contributed by atoms with E-state index in [0.29, 0.717) is 17.7 Å². The van der Waals surface area contributed by atoms with Crippen molar-refractivity contribution >= 4 is 17.5 Å². The largest absolute Gasteiger partial charge is 0.340 e. The number of anilines is 1. The summed E-state index contributed by atoms with van der Waals surface area (Å²) in [6.07, 6.45) is 6.80. The molecule has 28 heavy (non-hydrogen) atoms. The van der Waals surface area contributed by atoms with Crippen molar-refractivity contribution < 1.29 is 9.59 Å². The van der Waals surface area contributed by atoms with E-state index in [9.17, 15) is 9.59 Å². The van der Waals surface area contributed by atoms with Gasteiger partial charge in [-0.2, -0.15) is 0 Å². The van der Waals surface area contributed by atoms with E-state index >= 15 is 0 Å². The lowest BCUT2D eigenvalue weighted by Crippen LogP contribution is -2.38. The van der Waals surface area contributed by atoms with Gasteiger partial charge in [0.25, 0.3) is 5.91 Å². The Labute approximate surface area is 168 Å². The highest BCUT2D eigenvalue weighted by atomic mass is 16.2. The van der Waals surface area contributed by atoms with Gasteiger partial charge in [-0.15, -0.1) is 0 Å². The molecule has 154 valence electrons. The second-order valence-corrected chi connectivity index (χ2v) is 8.06. The third-order valence-corrected chi connectivity index (χ3v) is 5.79. The van der Waals surface area contributed by atoms with Crippen molar-refractivity contribution in [2.75, 3.05) is 58.2 Å². The number of carbonyl (C=O) groups is 2. The van der Waals surface area contributed by atoms with Gasteiger partial charge in [0.05, 0.1) is 0 Å². The Kier molecular flexibility index (Phi) is 7.86. The van der Waals surface area contributed by atoms with Crippen molar-refractivity contribution in [3.05, 3.63) is 29.8 Å². The van der Waals surface area contributed by atoms with Gasteiger partial charge in [0.15, 0.2) is 0 Å². The van der Waals surface area contributed by atoms with Crippen LogP contribution in [0.4, 0.5) is 5.69 Å². The van der Waals surface area contributed by atoms with Crippen LogP contribution in [0.1, 0.15) is 48.9 Å². The summed E-state index contributed by atoms with van der Waals surface area (Å²) in [5.74, 6) is 0.0140. The highest BCUT2D eigenvalue weighted by molar-refractivity contribution is 5.97. The molecule has 3 rings (SSSR count). The molecule has 0 spiro atoms. The molecule has 0 radical (unpaired) electrons. The fourth-order valence-corrected chi connectivity index (χ4v) is 4.02. The standard InChI is InChI=1S/C22H34N4O2/c1-24(16-17-26-11-3-2-4-12-26)22(28)19-8-7-9-20(18-19)23-21(27)10-15-25-13-5-6-14-25/h7-9,18H,2-6,10-17H2,1H3,(H,23,27). The van der Waals surface area contributed by atoms with Crippen molar-refractivity contribution in [1.29, 1.82) is 0 Å². The molecule has 2 fully saturated rings. The molecule has 2 aliphatic heterocycles. The van der Waals surface area contributed by atoms with E-state index in [0.717, 1.165) is 45.8 Å². The number of hydrogen-bond acceptors (Lipinski definition) is 4. The van der Waals surface area contributed by atoms with Crippen LogP contribution in [-0.2, 0) is 4.79 Å². The quantitative estimate of drug-likeness (QED) is 0.746. The first-order valence-electron chi connectivity index (χ1n) is 10.7. The molecule has 0 atom stereocenters. The van der Waals surface area contributed by atoms with Gasteiger partial charge in [-0.05, 0) is 70.1 Å². The Bertz CT molecular complexity index is 652. The summed E-state index contributed by atoms with van der Waals surface area (Å²) in [6.45, 7) is 6.94. The van der Waals surface area contributed by atoms with Gasteiger partial charge in [0, 0.05) is 44.4 Å². The summed E-state index contributed by atoms with van der Waals surface area (Å²) in [4.78, 5) is 31.5. The number of benzene rings is 1. The van der Waals surface area contributed by atoms with Crippen LogP contribution in [0.3, 0.4) is 0 Å². The molecule has 1 aromatic rings. The van der Waals surface area contributed by atoms with Gasteiger partial charge in [0.1, 0.15) is 0 Å². The average molecular weight is 387 g/mol. The van der Waals surface area contributed by atoms with Gasteiger partial charge in [-0.25, -0.2) is 0 Å². The monoisotopic (exact) mass is 386 g/mol. The number of likely N-dealkylation sites (tertiary alicyclic amines) is 2. The lowest BCUT2D eigenvalue weighted by molar-refractivity contribution is -0.116. The molecule has 0 bridgehead atoms. The van der Waals surface area contributed by atoms with Crippen LogP contribution in [0.2, 0.25) is 0 Å². The zero-order valence-electron chi connectivity index (χ0n) is 17.2. The fourth-order valence-electron chi connectivity index (χ4n) is 4.02. The van der Waals surface area contributed by atoms with Crippen LogP contribution in [-0.4, -0.2) is 79.4 Å². The van der Waals surface area contributed by atoms with Crippen LogP contribution in [0.5, 0.6) is 0 Å².